The van der Waals surface area contributed by atoms with Crippen LogP contribution >= 0.6 is 0 Å². The first kappa shape index (κ1) is 11.9. The van der Waals surface area contributed by atoms with E-state index in [1.165, 1.54) is 25.7 Å². The van der Waals surface area contributed by atoms with Crippen molar-refractivity contribution in [3.8, 4) is 6.07 Å². The van der Waals surface area contributed by atoms with Gasteiger partial charge in [0.25, 0.3) is 0 Å². The summed E-state index contributed by atoms with van der Waals surface area (Å²) in [6.07, 6.45) is 5.40. The number of anilines is 1. The lowest BCUT2D eigenvalue weighted by Crippen LogP contribution is -2.25. The van der Waals surface area contributed by atoms with E-state index in [9.17, 15) is 0 Å². The molecule has 1 aromatic heterocycles. The van der Waals surface area contributed by atoms with E-state index in [0.717, 1.165) is 24.0 Å². The molecule has 0 spiro atoms. The van der Waals surface area contributed by atoms with Crippen LogP contribution in [-0.2, 0) is 0 Å². The van der Waals surface area contributed by atoms with Gasteiger partial charge < -0.3 is 4.90 Å². The molecular formula is C14H19N3. The number of nitrogens with zero attached hydrogens (tertiary/aromatic N) is 3. The van der Waals surface area contributed by atoms with E-state index in [1.54, 1.807) is 0 Å². The highest BCUT2D eigenvalue weighted by Gasteiger charge is 2.17. The van der Waals surface area contributed by atoms with Crippen LogP contribution in [0, 0.1) is 24.2 Å². The van der Waals surface area contributed by atoms with Crippen molar-refractivity contribution in [2.24, 2.45) is 5.92 Å². The normalized spacial score (nSPS) is 15.8. The summed E-state index contributed by atoms with van der Waals surface area (Å²) in [5.41, 5.74) is 1.61. The first-order valence-electron chi connectivity index (χ1n) is 6.29. The molecule has 1 aliphatic rings. The monoisotopic (exact) mass is 229 g/mol. The molecule has 0 saturated heterocycles. The second-order valence-electron chi connectivity index (χ2n) is 5.00. The van der Waals surface area contributed by atoms with Crippen LogP contribution in [0.5, 0.6) is 0 Å². The Morgan fingerprint density at radius 3 is 2.76 bits per heavy atom. The van der Waals surface area contributed by atoms with E-state index in [4.69, 9.17) is 5.26 Å². The molecule has 1 heterocycles. The Labute approximate surface area is 103 Å². The van der Waals surface area contributed by atoms with Crippen molar-refractivity contribution >= 4 is 5.82 Å². The molecule has 0 atom stereocenters. The van der Waals surface area contributed by atoms with Crippen molar-refractivity contribution in [2.45, 2.75) is 32.6 Å². The fourth-order valence-corrected chi connectivity index (χ4v) is 2.58. The predicted molar refractivity (Wildman–Crippen MR) is 68.9 cm³/mol. The molecule has 2 rings (SSSR count). The van der Waals surface area contributed by atoms with Crippen LogP contribution < -0.4 is 4.90 Å². The Hall–Kier alpha value is -1.56. The van der Waals surface area contributed by atoms with Crippen LogP contribution in [0.15, 0.2) is 12.1 Å². The van der Waals surface area contributed by atoms with Crippen LogP contribution in [0.4, 0.5) is 5.82 Å². The van der Waals surface area contributed by atoms with Gasteiger partial charge in [-0.1, -0.05) is 12.8 Å². The van der Waals surface area contributed by atoms with E-state index >= 15 is 0 Å². The molecular weight excluding hydrogens is 210 g/mol. The van der Waals surface area contributed by atoms with Crippen molar-refractivity contribution in [3.63, 3.8) is 0 Å². The molecule has 3 nitrogen and oxygen atoms in total. The number of hydrogen-bond donors (Lipinski definition) is 0. The summed E-state index contributed by atoms with van der Waals surface area (Å²) >= 11 is 0. The number of rotatable bonds is 3. The highest BCUT2D eigenvalue weighted by molar-refractivity contribution is 5.46. The van der Waals surface area contributed by atoms with Crippen molar-refractivity contribution in [3.05, 3.63) is 23.4 Å². The van der Waals surface area contributed by atoms with Gasteiger partial charge in [-0.3, -0.25) is 0 Å². The van der Waals surface area contributed by atoms with Crippen LogP contribution in [0.1, 0.15) is 36.9 Å². The van der Waals surface area contributed by atoms with Crippen molar-refractivity contribution in [1.29, 1.82) is 5.26 Å². The molecule has 0 amide bonds. The maximum atomic E-state index is 8.96. The van der Waals surface area contributed by atoms with Gasteiger partial charge in [0.05, 0.1) is 11.6 Å². The topological polar surface area (TPSA) is 39.9 Å². The van der Waals surface area contributed by atoms with Crippen molar-refractivity contribution in [1.82, 2.24) is 4.98 Å². The Morgan fingerprint density at radius 2 is 2.12 bits per heavy atom. The summed E-state index contributed by atoms with van der Waals surface area (Å²) in [5, 5.41) is 8.96. The Kier molecular flexibility index (Phi) is 3.63. The molecule has 0 radical (unpaired) electrons. The van der Waals surface area contributed by atoms with Gasteiger partial charge in [0, 0.05) is 19.3 Å². The predicted octanol–water partition coefficient (Wildman–Crippen LogP) is 2.89. The van der Waals surface area contributed by atoms with Crippen LogP contribution in [0.3, 0.4) is 0 Å². The molecule has 90 valence electrons. The Balaban J connectivity index is 2.10. The largest absolute Gasteiger partial charge is 0.359 e. The zero-order valence-electron chi connectivity index (χ0n) is 10.6. The van der Waals surface area contributed by atoms with Gasteiger partial charge in [0.1, 0.15) is 5.82 Å². The average Bonchev–Trinajstić information content (AvgIpc) is 2.81. The molecule has 3 heteroatoms. The standard InChI is InChI=1S/C14H19N3/c1-11-7-13(9-15)8-14(16-11)17(2)10-12-5-3-4-6-12/h7-8,12H,3-6,10H2,1-2H3. The molecule has 0 aromatic carbocycles. The molecule has 1 fully saturated rings. The third-order valence-corrected chi connectivity index (χ3v) is 3.47. The van der Waals surface area contributed by atoms with E-state index in [2.05, 4.69) is 23.0 Å². The molecule has 1 saturated carbocycles. The summed E-state index contributed by atoms with van der Waals surface area (Å²) in [6.45, 7) is 3.00. The third kappa shape index (κ3) is 2.97. The molecule has 17 heavy (non-hydrogen) atoms. The van der Waals surface area contributed by atoms with Crippen LogP contribution in [0.25, 0.3) is 0 Å². The summed E-state index contributed by atoms with van der Waals surface area (Å²) < 4.78 is 0. The van der Waals surface area contributed by atoms with Crippen molar-refractivity contribution < 1.29 is 0 Å². The second kappa shape index (κ2) is 5.18. The summed E-state index contributed by atoms with van der Waals surface area (Å²) in [7, 11) is 2.07. The fourth-order valence-electron chi connectivity index (χ4n) is 2.58. The van der Waals surface area contributed by atoms with Crippen LogP contribution in [-0.4, -0.2) is 18.6 Å². The minimum absolute atomic E-state index is 0.700. The van der Waals surface area contributed by atoms with E-state index in [0.29, 0.717) is 5.56 Å². The Bertz CT molecular complexity index is 428. The van der Waals surface area contributed by atoms with E-state index in [-0.39, 0.29) is 0 Å². The molecule has 0 N–H and O–H groups in total. The lowest BCUT2D eigenvalue weighted by molar-refractivity contribution is 0.545. The van der Waals surface area contributed by atoms with Gasteiger partial charge >= 0.3 is 0 Å². The highest BCUT2D eigenvalue weighted by Crippen LogP contribution is 2.26. The van der Waals surface area contributed by atoms with Gasteiger partial charge in [-0.05, 0) is 37.8 Å². The smallest absolute Gasteiger partial charge is 0.129 e. The quantitative estimate of drug-likeness (QED) is 0.800. The first-order chi connectivity index (χ1) is 8.19. The highest BCUT2D eigenvalue weighted by atomic mass is 15.2. The van der Waals surface area contributed by atoms with Gasteiger partial charge in [0.2, 0.25) is 0 Å². The molecule has 1 aliphatic carbocycles. The number of pyridine rings is 1. The van der Waals surface area contributed by atoms with Gasteiger partial charge in [-0.25, -0.2) is 4.98 Å². The average molecular weight is 229 g/mol. The zero-order valence-corrected chi connectivity index (χ0v) is 10.6. The number of hydrogen-bond acceptors (Lipinski definition) is 3. The van der Waals surface area contributed by atoms with Crippen molar-refractivity contribution in [2.75, 3.05) is 18.5 Å². The molecule has 0 unspecified atom stereocenters. The molecule has 0 aliphatic heterocycles. The molecule has 1 aromatic rings. The minimum Gasteiger partial charge on any atom is -0.359 e. The lowest BCUT2D eigenvalue weighted by atomic mass is 10.1. The minimum atomic E-state index is 0.700. The molecule has 0 bridgehead atoms. The fraction of sp³-hybridized carbons (Fsp3) is 0.571. The van der Waals surface area contributed by atoms with Gasteiger partial charge in [-0.15, -0.1) is 0 Å². The summed E-state index contributed by atoms with van der Waals surface area (Å²) in [6, 6.07) is 5.89. The first-order valence-corrected chi connectivity index (χ1v) is 6.29. The van der Waals surface area contributed by atoms with Crippen LogP contribution in [0.2, 0.25) is 0 Å². The summed E-state index contributed by atoms with van der Waals surface area (Å²) in [5.74, 6) is 1.72. The number of nitriles is 1. The second-order valence-corrected chi connectivity index (χ2v) is 5.00. The maximum absolute atomic E-state index is 8.96. The third-order valence-electron chi connectivity index (χ3n) is 3.47. The van der Waals surface area contributed by atoms with Gasteiger partial charge in [0.15, 0.2) is 0 Å². The van der Waals surface area contributed by atoms with Gasteiger partial charge in [-0.2, -0.15) is 5.26 Å². The zero-order chi connectivity index (χ0) is 12.3. The van der Waals surface area contributed by atoms with E-state index < -0.39 is 0 Å². The Morgan fingerprint density at radius 1 is 1.41 bits per heavy atom. The summed E-state index contributed by atoms with van der Waals surface area (Å²) in [4.78, 5) is 6.68. The van der Waals surface area contributed by atoms with E-state index in [1.807, 2.05) is 19.1 Å². The number of aromatic nitrogens is 1. The SMILES string of the molecule is Cc1cc(C#N)cc(N(C)CC2CCCC2)n1. The maximum Gasteiger partial charge on any atom is 0.129 e. The number of aryl methyl sites for hydroxylation is 1. The lowest BCUT2D eigenvalue weighted by Gasteiger charge is -2.22.